The number of nitrogens with zero attached hydrogens (tertiary/aromatic N) is 1. The number of carboxylic acid groups (broad SMARTS) is 1. The van der Waals surface area contributed by atoms with E-state index in [1.807, 2.05) is 0 Å². The number of thioether (sulfide) groups is 1. The maximum Gasteiger partial charge on any atom is 0.352 e. The maximum absolute atomic E-state index is 12.4. The molecule has 0 spiro atoms. The van der Waals surface area contributed by atoms with Gasteiger partial charge >= 0.3 is 5.97 Å². The summed E-state index contributed by atoms with van der Waals surface area (Å²) in [6, 6.07) is 3.99. The number of aliphatic carboxylic acids is 1. The lowest BCUT2D eigenvalue weighted by Crippen LogP contribution is -2.71. The number of carbonyl (C=O) groups is 3. The number of nitrogens with two attached hydrogens (primary N) is 1. The Hall–Kier alpha value is -2.23. The normalized spacial score (nSPS) is 23.2. The first-order valence-electron chi connectivity index (χ1n) is 7.66. The number of hydrogen-bond donors (Lipinski definition) is 4. The van der Waals surface area contributed by atoms with Crippen LogP contribution in [0.5, 0.6) is 5.75 Å². The summed E-state index contributed by atoms with van der Waals surface area (Å²) in [7, 11) is 0. The number of carbonyl (C=O) groups excluding carboxylic acids is 2. The Bertz CT molecular complexity index is 798. The zero-order chi connectivity index (χ0) is 19.0. The number of carboxylic acids is 1. The molecule has 2 amide bonds. The zero-order valence-corrected chi connectivity index (χ0v) is 15.0. The van der Waals surface area contributed by atoms with Crippen molar-refractivity contribution in [1.82, 2.24) is 10.2 Å². The summed E-state index contributed by atoms with van der Waals surface area (Å²) in [4.78, 5) is 37.4. The Kier molecular flexibility index (Phi) is 5.12. The third-order valence-corrected chi connectivity index (χ3v) is 5.91. The van der Waals surface area contributed by atoms with Gasteiger partial charge < -0.3 is 21.3 Å². The summed E-state index contributed by atoms with van der Waals surface area (Å²) in [6.07, 6.45) is 0. The second kappa shape index (κ2) is 7.18. The molecule has 1 aromatic carbocycles. The van der Waals surface area contributed by atoms with Crippen LogP contribution in [0.1, 0.15) is 11.6 Å². The fourth-order valence-electron chi connectivity index (χ4n) is 2.86. The molecule has 2 aliphatic heterocycles. The van der Waals surface area contributed by atoms with E-state index in [2.05, 4.69) is 5.32 Å². The molecule has 3 atom stereocenters. The Morgan fingerprint density at radius 1 is 1.38 bits per heavy atom. The number of β-lactam (4-membered cyclic amide) rings is 1. The monoisotopic (exact) mass is 397 g/mol. The molecule has 0 saturated carbocycles. The van der Waals surface area contributed by atoms with Crippen molar-refractivity contribution in [3.05, 3.63) is 41.1 Å². The summed E-state index contributed by atoms with van der Waals surface area (Å²) in [5.74, 6) is -1.84. The van der Waals surface area contributed by atoms with Crippen LogP contribution in [0.25, 0.3) is 0 Å². The molecule has 10 heteroatoms. The number of hydrogen-bond acceptors (Lipinski definition) is 6. The smallest absolute Gasteiger partial charge is 0.352 e. The van der Waals surface area contributed by atoms with E-state index in [9.17, 15) is 24.6 Å². The molecular weight excluding hydrogens is 382 g/mol. The van der Waals surface area contributed by atoms with Crippen molar-refractivity contribution in [3.8, 4) is 5.75 Å². The van der Waals surface area contributed by atoms with Gasteiger partial charge in [-0.3, -0.25) is 14.5 Å². The molecule has 0 bridgehead atoms. The van der Waals surface area contributed by atoms with Gasteiger partial charge in [-0.2, -0.15) is 0 Å². The molecule has 5 N–H and O–H groups in total. The van der Waals surface area contributed by atoms with Crippen LogP contribution in [0.15, 0.2) is 35.5 Å². The van der Waals surface area contributed by atoms with E-state index in [-0.39, 0.29) is 17.3 Å². The molecule has 0 aliphatic carbocycles. The molecule has 8 nitrogen and oxygen atoms in total. The summed E-state index contributed by atoms with van der Waals surface area (Å²) in [6.45, 7) is 0. The molecule has 2 heterocycles. The number of benzene rings is 1. The topological polar surface area (TPSA) is 133 Å². The quantitative estimate of drug-likeness (QED) is 0.416. The lowest BCUT2D eigenvalue weighted by molar-refractivity contribution is -0.150. The Morgan fingerprint density at radius 2 is 2.04 bits per heavy atom. The Labute approximate surface area is 158 Å². The van der Waals surface area contributed by atoms with Crippen molar-refractivity contribution < 1.29 is 24.6 Å². The van der Waals surface area contributed by atoms with Gasteiger partial charge in [0.2, 0.25) is 5.91 Å². The van der Waals surface area contributed by atoms with Gasteiger partial charge in [-0.1, -0.05) is 12.1 Å². The molecule has 0 aromatic heterocycles. The van der Waals surface area contributed by atoms with E-state index < -0.39 is 35.2 Å². The minimum atomic E-state index is -1.22. The number of alkyl halides is 1. The van der Waals surface area contributed by atoms with Gasteiger partial charge in [0, 0.05) is 11.6 Å². The number of halogens is 1. The van der Waals surface area contributed by atoms with Crippen LogP contribution in [0.4, 0.5) is 0 Å². The van der Waals surface area contributed by atoms with Crippen LogP contribution in [-0.4, -0.2) is 55.9 Å². The fraction of sp³-hybridized carbons (Fsp3) is 0.312. The van der Waals surface area contributed by atoms with Crippen LogP contribution >= 0.6 is 23.4 Å². The Morgan fingerprint density at radius 3 is 2.62 bits per heavy atom. The number of nitrogens with one attached hydrogen (secondary N) is 1. The molecule has 1 aromatic rings. The highest BCUT2D eigenvalue weighted by Crippen LogP contribution is 2.40. The van der Waals surface area contributed by atoms with E-state index in [1.165, 1.54) is 36.0 Å². The molecule has 1 saturated heterocycles. The fourth-order valence-corrected chi connectivity index (χ4v) is 4.54. The van der Waals surface area contributed by atoms with Gasteiger partial charge in [0.1, 0.15) is 28.9 Å². The number of amides is 2. The predicted octanol–water partition coefficient (Wildman–Crippen LogP) is 0.369. The van der Waals surface area contributed by atoms with Crippen LogP contribution in [0.3, 0.4) is 0 Å². The standard InChI is InChI=1S/C16H16ClN3O5S/c17-5-8-6-26-15-11(14(23)20(15)12(8)16(24)25)19-13(22)10(18)7-1-3-9(21)4-2-7/h1-4,10-11,15,21H,5-6,18H2,(H,19,22)(H,24,25)/t10-,11?,15-/m1/s1. The average molecular weight is 398 g/mol. The molecule has 3 rings (SSSR count). The molecular formula is C16H16ClN3O5S. The first-order chi connectivity index (χ1) is 12.3. The Balaban J connectivity index is 1.72. The van der Waals surface area contributed by atoms with Crippen molar-refractivity contribution >= 4 is 41.1 Å². The summed E-state index contributed by atoms with van der Waals surface area (Å²) in [5, 5.41) is 20.7. The van der Waals surface area contributed by atoms with Gasteiger partial charge in [0.15, 0.2) is 0 Å². The van der Waals surface area contributed by atoms with Crippen LogP contribution in [0.2, 0.25) is 0 Å². The minimum absolute atomic E-state index is 0.0217. The lowest BCUT2D eigenvalue weighted by atomic mass is 10.0. The summed E-state index contributed by atoms with van der Waals surface area (Å²) < 4.78 is 0. The second-order valence-electron chi connectivity index (χ2n) is 5.86. The first kappa shape index (κ1) is 18.6. The van der Waals surface area contributed by atoms with E-state index >= 15 is 0 Å². The SMILES string of the molecule is N[C@@H](C(=O)NC1C(=O)N2C(C(=O)O)=C(CCl)CS[C@H]12)c1ccc(O)cc1. The predicted molar refractivity (Wildman–Crippen MR) is 95.4 cm³/mol. The molecule has 138 valence electrons. The number of fused-ring (bicyclic) bond motifs is 1. The number of aromatic hydroxyl groups is 1. The van der Waals surface area contributed by atoms with E-state index in [0.717, 1.165) is 4.90 Å². The molecule has 1 fully saturated rings. The molecule has 2 aliphatic rings. The minimum Gasteiger partial charge on any atom is -0.508 e. The van der Waals surface area contributed by atoms with Gasteiger partial charge in [-0.25, -0.2) is 4.79 Å². The van der Waals surface area contributed by atoms with Gasteiger partial charge in [0.25, 0.3) is 5.91 Å². The van der Waals surface area contributed by atoms with Crippen LogP contribution in [-0.2, 0) is 14.4 Å². The van der Waals surface area contributed by atoms with Crippen LogP contribution in [0, 0.1) is 0 Å². The lowest BCUT2D eigenvalue weighted by Gasteiger charge is -2.49. The highest BCUT2D eigenvalue weighted by molar-refractivity contribution is 8.00. The van der Waals surface area contributed by atoms with Crippen molar-refractivity contribution in [1.29, 1.82) is 0 Å². The van der Waals surface area contributed by atoms with Crippen molar-refractivity contribution in [3.63, 3.8) is 0 Å². The van der Waals surface area contributed by atoms with Gasteiger partial charge in [-0.15, -0.1) is 23.4 Å². The van der Waals surface area contributed by atoms with Gasteiger partial charge in [-0.05, 0) is 23.3 Å². The third-order valence-electron chi connectivity index (χ3n) is 4.24. The molecule has 26 heavy (non-hydrogen) atoms. The number of rotatable bonds is 5. The largest absolute Gasteiger partial charge is 0.508 e. The van der Waals surface area contributed by atoms with Crippen molar-refractivity contribution in [2.45, 2.75) is 17.5 Å². The van der Waals surface area contributed by atoms with E-state index in [4.69, 9.17) is 17.3 Å². The molecule has 0 radical (unpaired) electrons. The highest BCUT2D eigenvalue weighted by atomic mass is 35.5. The van der Waals surface area contributed by atoms with Crippen molar-refractivity contribution in [2.75, 3.05) is 11.6 Å². The average Bonchev–Trinajstić information content (AvgIpc) is 2.64. The number of phenols is 1. The summed E-state index contributed by atoms with van der Waals surface area (Å²) in [5.41, 5.74) is 6.75. The maximum atomic E-state index is 12.4. The zero-order valence-electron chi connectivity index (χ0n) is 13.4. The van der Waals surface area contributed by atoms with E-state index in [1.54, 1.807) is 0 Å². The van der Waals surface area contributed by atoms with E-state index in [0.29, 0.717) is 16.9 Å². The summed E-state index contributed by atoms with van der Waals surface area (Å²) >= 11 is 7.11. The highest BCUT2D eigenvalue weighted by Gasteiger charge is 2.54. The first-order valence-corrected chi connectivity index (χ1v) is 9.24. The van der Waals surface area contributed by atoms with Gasteiger partial charge in [0.05, 0.1) is 0 Å². The number of phenolic OH excluding ortho intramolecular Hbond substituents is 1. The second-order valence-corrected chi connectivity index (χ2v) is 7.23. The third kappa shape index (κ3) is 3.13. The van der Waals surface area contributed by atoms with Crippen molar-refractivity contribution in [2.24, 2.45) is 5.73 Å². The van der Waals surface area contributed by atoms with Crippen LogP contribution < -0.4 is 11.1 Å². The molecule has 1 unspecified atom stereocenters.